The summed E-state index contributed by atoms with van der Waals surface area (Å²) in [4.78, 5) is 22.8. The van der Waals surface area contributed by atoms with Gasteiger partial charge in [-0.2, -0.15) is 0 Å². The summed E-state index contributed by atoms with van der Waals surface area (Å²) in [5, 5.41) is 18.6. The van der Waals surface area contributed by atoms with Crippen LogP contribution in [-0.2, 0) is 0 Å². The summed E-state index contributed by atoms with van der Waals surface area (Å²) < 4.78 is 0. The lowest BCUT2D eigenvalue weighted by Gasteiger charge is -2.19. The van der Waals surface area contributed by atoms with Crippen molar-refractivity contribution in [2.45, 2.75) is 64.7 Å². The number of hydrogen-bond donors (Lipinski definition) is 2. The topological polar surface area (TPSA) is 74.6 Å². The first-order valence-corrected chi connectivity index (χ1v) is 8.12. The molecule has 0 saturated carbocycles. The second kappa shape index (κ2) is 9.23. The van der Waals surface area contributed by atoms with Gasteiger partial charge in [0.1, 0.15) is 0 Å². The van der Waals surface area contributed by atoms with Crippen molar-refractivity contribution in [2.24, 2.45) is 0 Å². The van der Waals surface area contributed by atoms with Crippen molar-refractivity contribution in [1.29, 1.82) is 0 Å². The summed E-state index contributed by atoms with van der Waals surface area (Å²) in [5.41, 5.74) is 0.496. The molecule has 1 aromatic carbocycles. The SMILES string of the molecule is CCCCCCCC(CC)c1cccc(C(=O)O)c1C(=O)O. The van der Waals surface area contributed by atoms with Crippen LogP contribution in [0.25, 0.3) is 0 Å². The molecule has 0 aliphatic heterocycles. The molecule has 1 aromatic rings. The van der Waals surface area contributed by atoms with E-state index in [1.54, 1.807) is 12.1 Å². The van der Waals surface area contributed by atoms with E-state index in [4.69, 9.17) is 0 Å². The highest BCUT2D eigenvalue weighted by atomic mass is 16.4. The summed E-state index contributed by atoms with van der Waals surface area (Å²) in [5.74, 6) is -2.23. The average molecular weight is 306 g/mol. The van der Waals surface area contributed by atoms with E-state index in [-0.39, 0.29) is 17.0 Å². The van der Waals surface area contributed by atoms with E-state index < -0.39 is 11.9 Å². The van der Waals surface area contributed by atoms with Crippen LogP contribution in [0.4, 0.5) is 0 Å². The van der Waals surface area contributed by atoms with Crippen molar-refractivity contribution >= 4 is 11.9 Å². The summed E-state index contributed by atoms with van der Waals surface area (Å²) in [7, 11) is 0. The van der Waals surface area contributed by atoms with Crippen LogP contribution in [0.5, 0.6) is 0 Å². The van der Waals surface area contributed by atoms with Crippen molar-refractivity contribution in [3.63, 3.8) is 0 Å². The predicted molar refractivity (Wildman–Crippen MR) is 86.8 cm³/mol. The van der Waals surface area contributed by atoms with Gasteiger partial charge in [0, 0.05) is 0 Å². The van der Waals surface area contributed by atoms with Crippen LogP contribution in [0.2, 0.25) is 0 Å². The van der Waals surface area contributed by atoms with Gasteiger partial charge in [0.15, 0.2) is 0 Å². The first kappa shape index (κ1) is 18.2. The van der Waals surface area contributed by atoms with E-state index in [0.717, 1.165) is 25.7 Å². The minimum atomic E-state index is -1.18. The molecule has 0 saturated heterocycles. The van der Waals surface area contributed by atoms with E-state index in [1.807, 2.05) is 6.92 Å². The fourth-order valence-electron chi connectivity index (χ4n) is 2.90. The number of carboxylic acid groups (broad SMARTS) is 2. The molecule has 0 amide bonds. The zero-order valence-electron chi connectivity index (χ0n) is 13.5. The van der Waals surface area contributed by atoms with E-state index in [9.17, 15) is 19.8 Å². The van der Waals surface area contributed by atoms with E-state index in [0.29, 0.717) is 5.56 Å². The Hall–Kier alpha value is -1.84. The lowest BCUT2D eigenvalue weighted by molar-refractivity contribution is 0.0650. The van der Waals surface area contributed by atoms with Gasteiger partial charge in [0.05, 0.1) is 11.1 Å². The molecule has 0 aliphatic rings. The van der Waals surface area contributed by atoms with Crippen LogP contribution in [0.1, 0.15) is 91.0 Å². The summed E-state index contributed by atoms with van der Waals surface area (Å²) in [6.45, 7) is 4.20. The van der Waals surface area contributed by atoms with Gasteiger partial charge in [-0.1, -0.05) is 58.1 Å². The number of rotatable bonds is 10. The number of carbonyl (C=O) groups is 2. The molecule has 4 nitrogen and oxygen atoms in total. The highest BCUT2D eigenvalue weighted by Crippen LogP contribution is 2.30. The molecule has 2 N–H and O–H groups in total. The highest BCUT2D eigenvalue weighted by Gasteiger charge is 2.23. The van der Waals surface area contributed by atoms with Crippen molar-refractivity contribution in [2.75, 3.05) is 0 Å². The van der Waals surface area contributed by atoms with Gasteiger partial charge in [-0.25, -0.2) is 9.59 Å². The second-order valence-corrected chi connectivity index (χ2v) is 5.69. The van der Waals surface area contributed by atoms with Gasteiger partial charge < -0.3 is 10.2 Å². The van der Waals surface area contributed by atoms with Crippen LogP contribution in [0, 0.1) is 0 Å². The summed E-state index contributed by atoms with van der Waals surface area (Å²) >= 11 is 0. The maximum absolute atomic E-state index is 11.5. The Bertz CT molecular complexity index is 508. The molecule has 0 aromatic heterocycles. The van der Waals surface area contributed by atoms with Gasteiger partial charge in [-0.15, -0.1) is 0 Å². The molecule has 4 heteroatoms. The second-order valence-electron chi connectivity index (χ2n) is 5.69. The third-order valence-corrected chi connectivity index (χ3v) is 4.13. The Labute approximate surface area is 132 Å². The Morgan fingerprint density at radius 1 is 1.00 bits per heavy atom. The maximum atomic E-state index is 11.5. The van der Waals surface area contributed by atoms with Crippen LogP contribution in [0.15, 0.2) is 18.2 Å². The summed E-state index contributed by atoms with van der Waals surface area (Å²) in [6.07, 6.45) is 7.54. The Morgan fingerprint density at radius 3 is 2.23 bits per heavy atom. The zero-order valence-corrected chi connectivity index (χ0v) is 13.5. The van der Waals surface area contributed by atoms with Gasteiger partial charge in [-0.3, -0.25) is 0 Å². The van der Waals surface area contributed by atoms with Gasteiger partial charge >= 0.3 is 11.9 Å². The standard InChI is InChI=1S/C18H26O4/c1-3-5-6-7-8-10-13(4-2)14-11-9-12-15(17(19)20)16(14)18(21)22/h9,11-13H,3-8,10H2,1-2H3,(H,19,20)(H,21,22). The minimum Gasteiger partial charge on any atom is -0.478 e. The molecule has 1 atom stereocenters. The van der Waals surface area contributed by atoms with Gasteiger partial charge in [0.25, 0.3) is 0 Å². The van der Waals surface area contributed by atoms with E-state index in [1.165, 1.54) is 25.3 Å². The number of aromatic carboxylic acids is 2. The van der Waals surface area contributed by atoms with Crippen LogP contribution >= 0.6 is 0 Å². The molecule has 22 heavy (non-hydrogen) atoms. The van der Waals surface area contributed by atoms with Crippen molar-refractivity contribution < 1.29 is 19.8 Å². The largest absolute Gasteiger partial charge is 0.478 e. The fraction of sp³-hybridized carbons (Fsp3) is 0.556. The van der Waals surface area contributed by atoms with Gasteiger partial charge in [0.2, 0.25) is 0 Å². The molecule has 122 valence electrons. The number of unbranched alkanes of at least 4 members (excludes halogenated alkanes) is 4. The number of carboxylic acids is 2. The molecule has 0 bridgehead atoms. The van der Waals surface area contributed by atoms with Crippen LogP contribution in [0.3, 0.4) is 0 Å². The first-order valence-electron chi connectivity index (χ1n) is 8.12. The monoisotopic (exact) mass is 306 g/mol. The van der Waals surface area contributed by atoms with Crippen LogP contribution in [-0.4, -0.2) is 22.2 Å². The minimum absolute atomic E-state index is 0.0459. The van der Waals surface area contributed by atoms with E-state index >= 15 is 0 Å². The fourth-order valence-corrected chi connectivity index (χ4v) is 2.90. The van der Waals surface area contributed by atoms with Crippen molar-refractivity contribution in [1.82, 2.24) is 0 Å². The Morgan fingerprint density at radius 2 is 1.68 bits per heavy atom. The van der Waals surface area contributed by atoms with Gasteiger partial charge in [-0.05, 0) is 30.4 Å². The Balaban J connectivity index is 2.94. The molecule has 1 unspecified atom stereocenters. The molecule has 0 spiro atoms. The Kier molecular flexibility index (Phi) is 7.64. The average Bonchev–Trinajstić information content (AvgIpc) is 2.50. The molecule has 0 radical (unpaired) electrons. The molecular formula is C18H26O4. The van der Waals surface area contributed by atoms with E-state index in [2.05, 4.69) is 6.92 Å². The normalized spacial score (nSPS) is 12.1. The molecule has 0 aliphatic carbocycles. The third-order valence-electron chi connectivity index (χ3n) is 4.13. The third kappa shape index (κ3) is 4.86. The molecule has 0 fully saturated rings. The smallest absolute Gasteiger partial charge is 0.336 e. The molecular weight excluding hydrogens is 280 g/mol. The zero-order chi connectivity index (χ0) is 16.5. The van der Waals surface area contributed by atoms with Crippen LogP contribution < -0.4 is 0 Å². The molecule has 0 heterocycles. The first-order chi connectivity index (χ1) is 10.5. The van der Waals surface area contributed by atoms with Crippen molar-refractivity contribution in [3.05, 3.63) is 34.9 Å². The van der Waals surface area contributed by atoms with Crippen molar-refractivity contribution in [3.8, 4) is 0 Å². The predicted octanol–water partition coefficient (Wildman–Crippen LogP) is 4.94. The number of benzene rings is 1. The quantitative estimate of drug-likeness (QED) is 0.600. The highest BCUT2D eigenvalue weighted by molar-refractivity contribution is 6.02. The maximum Gasteiger partial charge on any atom is 0.336 e. The number of hydrogen-bond acceptors (Lipinski definition) is 2. The molecule has 1 rings (SSSR count). The summed E-state index contributed by atoms with van der Waals surface area (Å²) in [6, 6.07) is 4.77. The lowest BCUT2D eigenvalue weighted by Crippen LogP contribution is -2.14. The lowest BCUT2D eigenvalue weighted by atomic mass is 9.86.